The Labute approximate surface area is 155 Å². The second kappa shape index (κ2) is 7.59. The summed E-state index contributed by atoms with van der Waals surface area (Å²) in [6.45, 7) is 3.95. The van der Waals surface area contributed by atoms with E-state index in [0.717, 1.165) is 10.3 Å². The van der Waals surface area contributed by atoms with E-state index < -0.39 is 0 Å². The Morgan fingerprint density at radius 2 is 2.04 bits per heavy atom. The average Bonchev–Trinajstić information content (AvgIpc) is 3.05. The van der Waals surface area contributed by atoms with E-state index in [1.54, 1.807) is 13.2 Å². The molecule has 0 radical (unpaired) electrons. The van der Waals surface area contributed by atoms with Gasteiger partial charge >= 0.3 is 0 Å². The van der Waals surface area contributed by atoms with E-state index >= 15 is 0 Å². The zero-order valence-corrected chi connectivity index (χ0v) is 15.6. The summed E-state index contributed by atoms with van der Waals surface area (Å²) in [5, 5.41) is 3.38. The van der Waals surface area contributed by atoms with Gasteiger partial charge in [0.15, 0.2) is 11.7 Å². The predicted octanol–water partition coefficient (Wildman–Crippen LogP) is 3.22. The quantitative estimate of drug-likeness (QED) is 0.454. The number of rotatable bonds is 6. The fourth-order valence-electron chi connectivity index (χ4n) is 2.44. The lowest BCUT2D eigenvalue weighted by Crippen LogP contribution is -2.20. The number of aryl methyl sites for hydroxylation is 2. The Balaban J connectivity index is 1.71. The van der Waals surface area contributed by atoms with Crippen LogP contribution in [-0.2, 0) is 4.79 Å². The number of anilines is 2. The molecule has 1 heterocycles. The minimum Gasteiger partial charge on any atom is -0.494 e. The Morgan fingerprint density at radius 1 is 1.23 bits per heavy atom. The van der Waals surface area contributed by atoms with Crippen LogP contribution in [0.2, 0.25) is 0 Å². The number of thiazole rings is 1. The lowest BCUT2D eigenvalue weighted by molar-refractivity contribution is -0.118. The number of nitrogens with two attached hydrogens (primary N) is 1. The summed E-state index contributed by atoms with van der Waals surface area (Å²) in [4.78, 5) is 16.5. The number of benzene rings is 2. The van der Waals surface area contributed by atoms with Crippen LogP contribution in [0.4, 0.5) is 10.8 Å². The fourth-order valence-corrected chi connectivity index (χ4v) is 3.27. The van der Waals surface area contributed by atoms with Gasteiger partial charge in [-0.2, -0.15) is 0 Å². The fraction of sp³-hybridized carbons (Fsp3) is 0.222. The molecule has 0 fully saturated rings. The first kappa shape index (κ1) is 18.0. The number of nitrogen functional groups attached to an aromatic ring is 1. The van der Waals surface area contributed by atoms with Crippen molar-refractivity contribution in [2.24, 2.45) is 5.84 Å². The summed E-state index contributed by atoms with van der Waals surface area (Å²) in [5.74, 6) is 6.38. The number of nitrogens with zero attached hydrogens (tertiary/aromatic N) is 1. The Bertz CT molecular complexity index is 955. The second-order valence-electron chi connectivity index (χ2n) is 5.77. The molecule has 4 N–H and O–H groups in total. The van der Waals surface area contributed by atoms with Crippen molar-refractivity contribution >= 4 is 38.3 Å². The largest absolute Gasteiger partial charge is 0.494 e. The summed E-state index contributed by atoms with van der Waals surface area (Å²) >= 11 is 1.37. The van der Waals surface area contributed by atoms with Gasteiger partial charge in [-0.05, 0) is 43.2 Å². The molecular weight excluding hydrogens is 352 g/mol. The number of amides is 1. The van der Waals surface area contributed by atoms with Crippen molar-refractivity contribution in [1.82, 2.24) is 4.98 Å². The number of ether oxygens (including phenoxy) is 2. The van der Waals surface area contributed by atoms with Crippen molar-refractivity contribution in [2.45, 2.75) is 13.8 Å². The smallest absolute Gasteiger partial charge is 0.262 e. The number of carbonyl (C=O) groups is 1. The van der Waals surface area contributed by atoms with Crippen LogP contribution >= 0.6 is 11.3 Å². The van der Waals surface area contributed by atoms with Gasteiger partial charge in [-0.25, -0.2) is 10.8 Å². The summed E-state index contributed by atoms with van der Waals surface area (Å²) in [6, 6.07) is 9.27. The number of aromatic nitrogens is 1. The molecule has 8 heteroatoms. The van der Waals surface area contributed by atoms with Gasteiger partial charge < -0.3 is 14.8 Å². The van der Waals surface area contributed by atoms with Gasteiger partial charge in [0.05, 0.1) is 11.8 Å². The molecule has 0 saturated heterocycles. The van der Waals surface area contributed by atoms with Crippen molar-refractivity contribution in [3.8, 4) is 11.5 Å². The minimum atomic E-state index is -0.258. The Kier molecular flexibility index (Phi) is 5.24. The topological polar surface area (TPSA) is 98.5 Å². The van der Waals surface area contributed by atoms with Gasteiger partial charge in [0.25, 0.3) is 5.91 Å². The number of fused-ring (bicyclic) bond motifs is 1. The average molecular weight is 372 g/mol. The van der Waals surface area contributed by atoms with Crippen LogP contribution in [0.1, 0.15) is 11.1 Å². The van der Waals surface area contributed by atoms with Gasteiger partial charge in [-0.1, -0.05) is 17.4 Å². The molecule has 0 saturated carbocycles. The lowest BCUT2D eigenvalue weighted by atomic mass is 10.1. The number of hydrogen-bond acceptors (Lipinski definition) is 7. The first-order valence-corrected chi connectivity index (χ1v) is 8.77. The van der Waals surface area contributed by atoms with E-state index in [-0.39, 0.29) is 12.5 Å². The molecule has 0 aliphatic heterocycles. The van der Waals surface area contributed by atoms with Crippen LogP contribution in [0.5, 0.6) is 11.5 Å². The van der Waals surface area contributed by atoms with E-state index in [1.165, 1.54) is 16.9 Å². The molecule has 1 amide bonds. The number of hydrazine groups is 1. The van der Waals surface area contributed by atoms with Crippen LogP contribution in [0.15, 0.2) is 30.3 Å². The van der Waals surface area contributed by atoms with Crippen LogP contribution < -0.4 is 26.1 Å². The number of carbonyl (C=O) groups excluding carboxylic acids is 1. The molecule has 3 aromatic rings. The van der Waals surface area contributed by atoms with Crippen molar-refractivity contribution in [2.75, 3.05) is 24.5 Å². The Hall–Kier alpha value is -2.84. The van der Waals surface area contributed by atoms with E-state index in [4.69, 9.17) is 15.3 Å². The molecule has 136 valence electrons. The SMILES string of the molecule is COc1cc(NC(=O)COc2ccc(C)c(C)c2)cc2sc(NN)nc12. The molecule has 3 rings (SSSR count). The molecule has 0 aliphatic rings. The first-order chi connectivity index (χ1) is 12.5. The molecule has 0 atom stereocenters. The third kappa shape index (κ3) is 3.87. The monoisotopic (exact) mass is 372 g/mol. The van der Waals surface area contributed by atoms with Gasteiger partial charge in [0, 0.05) is 11.8 Å². The van der Waals surface area contributed by atoms with Gasteiger partial charge in [-0.15, -0.1) is 0 Å². The van der Waals surface area contributed by atoms with Crippen LogP contribution in [0, 0.1) is 13.8 Å². The maximum Gasteiger partial charge on any atom is 0.262 e. The number of methoxy groups -OCH3 is 1. The Morgan fingerprint density at radius 3 is 2.73 bits per heavy atom. The summed E-state index contributed by atoms with van der Waals surface area (Å²) < 4.78 is 11.8. The van der Waals surface area contributed by atoms with Crippen LogP contribution in [0.3, 0.4) is 0 Å². The number of nitrogens with one attached hydrogen (secondary N) is 2. The molecular formula is C18H20N4O3S. The lowest BCUT2D eigenvalue weighted by Gasteiger charge is -2.10. The van der Waals surface area contributed by atoms with E-state index in [0.29, 0.717) is 27.8 Å². The standard InChI is InChI=1S/C18H20N4O3S/c1-10-4-5-13(6-11(10)2)25-9-16(23)20-12-7-14(24-3)17-15(8-12)26-18(21-17)22-19/h4-8H,9,19H2,1-3H3,(H,20,23)(H,21,22). The van der Waals surface area contributed by atoms with E-state index in [9.17, 15) is 4.79 Å². The van der Waals surface area contributed by atoms with Gasteiger partial charge in [-0.3, -0.25) is 10.2 Å². The third-order valence-corrected chi connectivity index (χ3v) is 4.87. The van der Waals surface area contributed by atoms with Crippen molar-refractivity contribution in [3.63, 3.8) is 0 Å². The molecule has 2 aromatic carbocycles. The van der Waals surface area contributed by atoms with E-state index in [2.05, 4.69) is 15.7 Å². The molecule has 1 aromatic heterocycles. The normalized spacial score (nSPS) is 10.6. The highest BCUT2D eigenvalue weighted by Crippen LogP contribution is 2.35. The van der Waals surface area contributed by atoms with Crippen molar-refractivity contribution in [1.29, 1.82) is 0 Å². The van der Waals surface area contributed by atoms with E-state index in [1.807, 2.05) is 38.1 Å². The molecule has 7 nitrogen and oxygen atoms in total. The zero-order valence-electron chi connectivity index (χ0n) is 14.8. The van der Waals surface area contributed by atoms with Crippen molar-refractivity contribution in [3.05, 3.63) is 41.5 Å². The third-order valence-electron chi connectivity index (χ3n) is 3.94. The highest BCUT2D eigenvalue weighted by atomic mass is 32.1. The van der Waals surface area contributed by atoms with Crippen LogP contribution in [-0.4, -0.2) is 24.6 Å². The molecule has 0 unspecified atom stereocenters. The summed E-state index contributed by atoms with van der Waals surface area (Å²) in [6.07, 6.45) is 0. The van der Waals surface area contributed by atoms with Gasteiger partial charge in [0.2, 0.25) is 0 Å². The van der Waals surface area contributed by atoms with Crippen LogP contribution in [0.25, 0.3) is 10.2 Å². The molecule has 26 heavy (non-hydrogen) atoms. The summed E-state index contributed by atoms with van der Waals surface area (Å²) in [5.41, 5.74) is 6.11. The number of hydrogen-bond donors (Lipinski definition) is 3. The van der Waals surface area contributed by atoms with Crippen molar-refractivity contribution < 1.29 is 14.3 Å². The van der Waals surface area contributed by atoms with Gasteiger partial charge in [0.1, 0.15) is 17.0 Å². The molecule has 0 aliphatic carbocycles. The predicted molar refractivity (Wildman–Crippen MR) is 104 cm³/mol. The zero-order chi connectivity index (χ0) is 18.7. The highest BCUT2D eigenvalue weighted by Gasteiger charge is 2.12. The summed E-state index contributed by atoms with van der Waals surface area (Å²) in [7, 11) is 1.55. The minimum absolute atomic E-state index is 0.0822. The molecule has 0 spiro atoms. The molecule has 0 bridgehead atoms. The maximum atomic E-state index is 12.2. The first-order valence-electron chi connectivity index (χ1n) is 7.95. The second-order valence-corrected chi connectivity index (χ2v) is 6.80. The maximum absolute atomic E-state index is 12.2. The highest BCUT2D eigenvalue weighted by molar-refractivity contribution is 7.22.